The summed E-state index contributed by atoms with van der Waals surface area (Å²) in [5.41, 5.74) is 0. The first-order valence-corrected chi connectivity index (χ1v) is 8.68. The summed E-state index contributed by atoms with van der Waals surface area (Å²) in [5, 5.41) is -0.190. The summed E-state index contributed by atoms with van der Waals surface area (Å²) in [6, 6.07) is 1.89. The van der Waals surface area contributed by atoms with Crippen LogP contribution in [-0.4, -0.2) is 56.0 Å². The minimum atomic E-state index is -3.15. The van der Waals surface area contributed by atoms with Gasteiger partial charge in [0.1, 0.15) is 12.1 Å². The standard InChI is InChI=1S/C13H20N4O3S/c1-20-11-6-10(7-16-21(18,19)12-2-3-12)17(8-11)13-4-5-14-9-15-13/h4-5,9-12,16H,2-3,6-8H2,1H3/t10-,11-/m1/s1. The Morgan fingerprint density at radius 2 is 2.29 bits per heavy atom. The molecule has 1 N–H and O–H groups in total. The molecule has 116 valence electrons. The quantitative estimate of drug-likeness (QED) is 0.805. The van der Waals surface area contributed by atoms with Crippen molar-refractivity contribution < 1.29 is 13.2 Å². The Morgan fingerprint density at radius 3 is 2.90 bits per heavy atom. The largest absolute Gasteiger partial charge is 0.380 e. The summed E-state index contributed by atoms with van der Waals surface area (Å²) in [4.78, 5) is 10.3. The van der Waals surface area contributed by atoms with Crippen molar-refractivity contribution >= 4 is 15.8 Å². The minimum Gasteiger partial charge on any atom is -0.380 e. The minimum absolute atomic E-state index is 0.0541. The summed E-state index contributed by atoms with van der Waals surface area (Å²) in [7, 11) is -1.47. The third kappa shape index (κ3) is 3.33. The first-order chi connectivity index (χ1) is 10.1. The SMILES string of the molecule is CO[C@@H]1C[C@H](CNS(=O)(=O)C2CC2)N(c2ccncn2)C1. The maximum absolute atomic E-state index is 12.0. The number of nitrogens with one attached hydrogen (secondary N) is 1. The van der Waals surface area contributed by atoms with E-state index < -0.39 is 10.0 Å². The van der Waals surface area contributed by atoms with E-state index >= 15 is 0 Å². The third-order valence-electron chi connectivity index (χ3n) is 4.05. The predicted octanol–water partition coefficient (Wildman–Crippen LogP) is 0.152. The first-order valence-electron chi connectivity index (χ1n) is 7.14. The van der Waals surface area contributed by atoms with Gasteiger partial charge >= 0.3 is 0 Å². The van der Waals surface area contributed by atoms with Gasteiger partial charge in [-0.25, -0.2) is 23.1 Å². The summed E-state index contributed by atoms with van der Waals surface area (Å²) in [6.45, 7) is 1.10. The van der Waals surface area contributed by atoms with Crippen LogP contribution in [-0.2, 0) is 14.8 Å². The molecule has 0 radical (unpaired) electrons. The molecule has 1 aliphatic heterocycles. The molecular formula is C13H20N4O3S. The van der Waals surface area contributed by atoms with Gasteiger partial charge in [0.2, 0.25) is 10.0 Å². The lowest BCUT2D eigenvalue weighted by Crippen LogP contribution is -2.41. The van der Waals surface area contributed by atoms with Crippen molar-refractivity contribution in [3.63, 3.8) is 0 Å². The molecule has 1 aromatic rings. The number of aromatic nitrogens is 2. The van der Waals surface area contributed by atoms with Gasteiger partial charge in [0.05, 0.1) is 11.4 Å². The van der Waals surface area contributed by atoms with Crippen molar-refractivity contribution in [1.82, 2.24) is 14.7 Å². The van der Waals surface area contributed by atoms with Gasteiger partial charge in [-0.05, 0) is 25.3 Å². The van der Waals surface area contributed by atoms with Crippen LogP contribution in [0, 0.1) is 0 Å². The van der Waals surface area contributed by atoms with Gasteiger partial charge < -0.3 is 9.64 Å². The van der Waals surface area contributed by atoms with Crippen molar-refractivity contribution in [1.29, 1.82) is 0 Å². The highest BCUT2D eigenvalue weighted by Crippen LogP contribution is 2.28. The molecule has 1 saturated heterocycles. The topological polar surface area (TPSA) is 84.4 Å². The Balaban J connectivity index is 1.69. The van der Waals surface area contributed by atoms with Crippen LogP contribution in [0.3, 0.4) is 0 Å². The molecule has 3 rings (SSSR count). The van der Waals surface area contributed by atoms with Gasteiger partial charge in [0.25, 0.3) is 0 Å². The Bertz CT molecular complexity index is 576. The van der Waals surface area contributed by atoms with Crippen LogP contribution in [0.15, 0.2) is 18.6 Å². The number of ether oxygens (including phenoxy) is 1. The summed E-state index contributed by atoms with van der Waals surface area (Å²) >= 11 is 0. The molecule has 2 heterocycles. The van der Waals surface area contributed by atoms with E-state index in [-0.39, 0.29) is 17.4 Å². The molecule has 8 heteroatoms. The zero-order chi connectivity index (χ0) is 14.9. The first kappa shape index (κ1) is 14.7. The van der Waals surface area contributed by atoms with E-state index in [0.29, 0.717) is 13.1 Å². The number of hydrogen-bond donors (Lipinski definition) is 1. The molecule has 2 fully saturated rings. The van der Waals surface area contributed by atoms with Crippen LogP contribution < -0.4 is 9.62 Å². The van der Waals surface area contributed by atoms with Crippen LogP contribution in [0.4, 0.5) is 5.82 Å². The highest BCUT2D eigenvalue weighted by molar-refractivity contribution is 7.90. The lowest BCUT2D eigenvalue weighted by molar-refractivity contribution is 0.118. The molecule has 1 saturated carbocycles. The smallest absolute Gasteiger partial charge is 0.214 e. The Kier molecular flexibility index (Phi) is 4.10. The predicted molar refractivity (Wildman–Crippen MR) is 78.5 cm³/mol. The number of nitrogens with zero attached hydrogens (tertiary/aromatic N) is 3. The van der Waals surface area contributed by atoms with Crippen molar-refractivity contribution in [2.24, 2.45) is 0 Å². The molecule has 1 aromatic heterocycles. The lowest BCUT2D eigenvalue weighted by Gasteiger charge is -2.25. The molecule has 21 heavy (non-hydrogen) atoms. The van der Waals surface area contributed by atoms with Crippen LogP contribution in [0.5, 0.6) is 0 Å². The molecule has 2 aliphatic rings. The second-order valence-corrected chi connectivity index (χ2v) is 7.61. The maximum atomic E-state index is 12.0. The van der Waals surface area contributed by atoms with Crippen LogP contribution >= 0.6 is 0 Å². The zero-order valence-electron chi connectivity index (χ0n) is 12.0. The monoisotopic (exact) mass is 312 g/mol. The highest BCUT2D eigenvalue weighted by atomic mass is 32.2. The number of anilines is 1. The van der Waals surface area contributed by atoms with Gasteiger partial charge in [0.15, 0.2) is 0 Å². The molecule has 1 aliphatic carbocycles. The van der Waals surface area contributed by atoms with E-state index in [2.05, 4.69) is 19.6 Å². The van der Waals surface area contributed by atoms with E-state index in [1.165, 1.54) is 6.33 Å². The van der Waals surface area contributed by atoms with Crippen molar-refractivity contribution in [3.05, 3.63) is 18.6 Å². The van der Waals surface area contributed by atoms with Gasteiger partial charge in [-0.15, -0.1) is 0 Å². The van der Waals surface area contributed by atoms with E-state index in [0.717, 1.165) is 25.1 Å². The van der Waals surface area contributed by atoms with Gasteiger partial charge in [-0.1, -0.05) is 0 Å². The molecule has 0 aromatic carbocycles. The summed E-state index contributed by atoms with van der Waals surface area (Å²) in [6.07, 6.45) is 5.62. The highest BCUT2D eigenvalue weighted by Gasteiger charge is 2.38. The normalized spacial score (nSPS) is 26.2. The fraction of sp³-hybridized carbons (Fsp3) is 0.692. The molecule has 0 amide bonds. The Hall–Kier alpha value is -1.25. The fourth-order valence-corrected chi connectivity index (χ4v) is 4.10. The van der Waals surface area contributed by atoms with Crippen LogP contribution in [0.1, 0.15) is 19.3 Å². The van der Waals surface area contributed by atoms with Crippen molar-refractivity contribution in [3.8, 4) is 0 Å². The number of methoxy groups -OCH3 is 1. The third-order valence-corrected chi connectivity index (χ3v) is 5.97. The number of sulfonamides is 1. The second kappa shape index (κ2) is 5.86. The summed E-state index contributed by atoms with van der Waals surface area (Å²) in [5.74, 6) is 0.806. The van der Waals surface area contributed by atoms with Gasteiger partial charge in [-0.3, -0.25) is 0 Å². The molecular weight excluding hydrogens is 292 g/mol. The average Bonchev–Trinajstić information content (AvgIpc) is 3.27. The fourth-order valence-electron chi connectivity index (χ4n) is 2.68. The molecule has 0 bridgehead atoms. The van der Waals surface area contributed by atoms with E-state index in [4.69, 9.17) is 4.74 Å². The maximum Gasteiger partial charge on any atom is 0.214 e. The van der Waals surface area contributed by atoms with Crippen LogP contribution in [0.25, 0.3) is 0 Å². The van der Waals surface area contributed by atoms with Gasteiger partial charge in [-0.2, -0.15) is 0 Å². The lowest BCUT2D eigenvalue weighted by atomic mass is 10.2. The molecule has 0 spiro atoms. The molecule has 7 nitrogen and oxygen atoms in total. The Labute approximate surface area is 124 Å². The number of hydrogen-bond acceptors (Lipinski definition) is 6. The van der Waals surface area contributed by atoms with E-state index in [1.54, 1.807) is 13.3 Å². The zero-order valence-corrected chi connectivity index (χ0v) is 12.8. The van der Waals surface area contributed by atoms with E-state index in [9.17, 15) is 8.42 Å². The molecule has 2 atom stereocenters. The molecule has 0 unspecified atom stereocenters. The van der Waals surface area contributed by atoms with Crippen LogP contribution in [0.2, 0.25) is 0 Å². The number of rotatable bonds is 6. The van der Waals surface area contributed by atoms with Crippen molar-refractivity contribution in [2.45, 2.75) is 36.7 Å². The van der Waals surface area contributed by atoms with Crippen molar-refractivity contribution in [2.75, 3.05) is 25.1 Å². The van der Waals surface area contributed by atoms with E-state index in [1.807, 2.05) is 6.07 Å². The average molecular weight is 312 g/mol. The Morgan fingerprint density at radius 1 is 1.48 bits per heavy atom. The van der Waals surface area contributed by atoms with Gasteiger partial charge in [0, 0.05) is 32.4 Å². The second-order valence-electron chi connectivity index (χ2n) is 5.56. The summed E-state index contributed by atoms with van der Waals surface area (Å²) < 4.78 is 32.1.